The first kappa shape index (κ1) is 14.9. The smallest absolute Gasteiger partial charge is 0.175 e. The van der Waals surface area contributed by atoms with Gasteiger partial charge in [-0.3, -0.25) is 0 Å². The maximum atomic E-state index is 13.5. The molecule has 0 radical (unpaired) electrons. The largest absolute Gasteiger partial charge is 0.364 e. The van der Waals surface area contributed by atoms with Crippen LogP contribution in [0.2, 0.25) is 0 Å². The van der Waals surface area contributed by atoms with Crippen LogP contribution in [0.25, 0.3) is 0 Å². The fourth-order valence-corrected chi connectivity index (χ4v) is 2.52. The van der Waals surface area contributed by atoms with Crippen molar-refractivity contribution < 1.29 is 12.8 Å². The maximum Gasteiger partial charge on any atom is 0.175 e. The number of anilines is 1. The van der Waals surface area contributed by atoms with Crippen molar-refractivity contribution in [3.05, 3.63) is 52.4 Å². The lowest BCUT2D eigenvalue weighted by atomic mass is 10.2. The summed E-state index contributed by atoms with van der Waals surface area (Å²) in [6.07, 6.45) is 2.65. The monoisotopic (exact) mass is 358 g/mol. The van der Waals surface area contributed by atoms with Crippen molar-refractivity contribution in [1.29, 1.82) is 0 Å². The van der Waals surface area contributed by atoms with E-state index in [9.17, 15) is 12.8 Å². The van der Waals surface area contributed by atoms with E-state index in [-0.39, 0.29) is 10.7 Å². The Morgan fingerprint density at radius 3 is 2.50 bits per heavy atom. The van der Waals surface area contributed by atoms with Crippen LogP contribution in [0.15, 0.2) is 45.9 Å². The van der Waals surface area contributed by atoms with Crippen LogP contribution in [0.4, 0.5) is 10.2 Å². The van der Waals surface area contributed by atoms with Gasteiger partial charge in [0.2, 0.25) is 0 Å². The molecule has 1 aromatic heterocycles. The molecule has 0 amide bonds. The molecule has 1 aromatic carbocycles. The molecule has 0 saturated carbocycles. The first-order valence-corrected chi connectivity index (χ1v) is 8.38. The summed E-state index contributed by atoms with van der Waals surface area (Å²) in [5.41, 5.74) is 0.835. The van der Waals surface area contributed by atoms with E-state index in [1.807, 2.05) is 0 Å². The van der Waals surface area contributed by atoms with Crippen LogP contribution in [0.5, 0.6) is 0 Å². The quantitative estimate of drug-likeness (QED) is 0.912. The second-order valence-corrected chi connectivity index (χ2v) is 7.19. The minimum absolute atomic E-state index is 0.153. The Kier molecular flexibility index (Phi) is 4.39. The molecule has 7 heteroatoms. The number of hydrogen-bond donors (Lipinski definition) is 1. The number of hydrogen-bond acceptors (Lipinski definition) is 4. The molecule has 0 aliphatic rings. The van der Waals surface area contributed by atoms with Crippen LogP contribution in [-0.2, 0) is 16.4 Å². The molecule has 0 spiro atoms. The lowest BCUT2D eigenvalue weighted by Crippen LogP contribution is -2.04. The van der Waals surface area contributed by atoms with Crippen LogP contribution in [-0.4, -0.2) is 19.7 Å². The first-order chi connectivity index (χ1) is 9.36. The van der Waals surface area contributed by atoms with Crippen molar-refractivity contribution in [3.8, 4) is 0 Å². The van der Waals surface area contributed by atoms with Gasteiger partial charge in [-0.1, -0.05) is 12.1 Å². The van der Waals surface area contributed by atoms with Gasteiger partial charge >= 0.3 is 0 Å². The molecular weight excluding hydrogens is 347 g/mol. The highest BCUT2D eigenvalue weighted by Crippen LogP contribution is 2.17. The Labute approximate surface area is 125 Å². The number of halogens is 2. The SMILES string of the molecule is CS(=O)(=O)c1ccc(CNc2ncc(Br)cc2F)cc1. The third-order valence-electron chi connectivity index (χ3n) is 2.62. The van der Waals surface area contributed by atoms with E-state index in [1.54, 1.807) is 12.1 Å². The van der Waals surface area contributed by atoms with Gasteiger partial charge in [0, 0.05) is 23.5 Å². The molecule has 1 N–H and O–H groups in total. The molecule has 0 fully saturated rings. The van der Waals surface area contributed by atoms with E-state index in [2.05, 4.69) is 26.2 Å². The van der Waals surface area contributed by atoms with Crippen LogP contribution < -0.4 is 5.32 Å². The number of sulfone groups is 1. The summed E-state index contributed by atoms with van der Waals surface area (Å²) in [4.78, 5) is 4.18. The van der Waals surface area contributed by atoms with Crippen molar-refractivity contribution in [2.75, 3.05) is 11.6 Å². The summed E-state index contributed by atoms with van der Waals surface area (Å²) in [6, 6.07) is 7.73. The summed E-state index contributed by atoms with van der Waals surface area (Å²) in [5, 5.41) is 2.86. The van der Waals surface area contributed by atoms with Gasteiger partial charge in [0.1, 0.15) is 0 Å². The molecule has 0 atom stereocenters. The zero-order valence-electron chi connectivity index (χ0n) is 10.6. The molecule has 106 valence electrons. The van der Waals surface area contributed by atoms with Gasteiger partial charge in [-0.05, 0) is 39.7 Å². The van der Waals surface area contributed by atoms with Gasteiger partial charge < -0.3 is 5.32 Å². The summed E-state index contributed by atoms with van der Waals surface area (Å²) < 4.78 is 36.7. The first-order valence-electron chi connectivity index (χ1n) is 5.70. The van der Waals surface area contributed by atoms with Crippen LogP contribution >= 0.6 is 15.9 Å². The van der Waals surface area contributed by atoms with Crippen molar-refractivity contribution in [2.24, 2.45) is 0 Å². The molecule has 4 nitrogen and oxygen atoms in total. The molecule has 0 aliphatic carbocycles. The number of rotatable bonds is 4. The zero-order valence-corrected chi connectivity index (χ0v) is 13.0. The van der Waals surface area contributed by atoms with Crippen LogP contribution in [0, 0.1) is 5.82 Å². The summed E-state index contributed by atoms with van der Waals surface area (Å²) in [5.74, 6) is -0.299. The van der Waals surface area contributed by atoms with Gasteiger partial charge in [-0.25, -0.2) is 17.8 Å². The fraction of sp³-hybridized carbons (Fsp3) is 0.154. The zero-order chi connectivity index (χ0) is 14.8. The maximum absolute atomic E-state index is 13.5. The van der Waals surface area contributed by atoms with E-state index in [1.165, 1.54) is 24.4 Å². The minimum Gasteiger partial charge on any atom is -0.364 e. The average molecular weight is 359 g/mol. The van der Waals surface area contributed by atoms with E-state index in [4.69, 9.17) is 0 Å². The fourth-order valence-electron chi connectivity index (χ4n) is 1.58. The van der Waals surface area contributed by atoms with Crippen LogP contribution in [0.1, 0.15) is 5.56 Å². The highest BCUT2D eigenvalue weighted by molar-refractivity contribution is 9.10. The highest BCUT2D eigenvalue weighted by atomic mass is 79.9. The van der Waals surface area contributed by atoms with Gasteiger partial charge in [0.15, 0.2) is 21.5 Å². The Balaban J connectivity index is 2.08. The molecule has 20 heavy (non-hydrogen) atoms. The van der Waals surface area contributed by atoms with Crippen LogP contribution in [0.3, 0.4) is 0 Å². The Morgan fingerprint density at radius 2 is 1.95 bits per heavy atom. The van der Waals surface area contributed by atoms with Gasteiger partial charge in [-0.2, -0.15) is 0 Å². The van der Waals surface area contributed by atoms with Crippen molar-refractivity contribution in [3.63, 3.8) is 0 Å². The number of nitrogens with zero attached hydrogens (tertiary/aromatic N) is 1. The molecule has 1 heterocycles. The highest BCUT2D eigenvalue weighted by Gasteiger charge is 2.07. The number of nitrogens with one attached hydrogen (secondary N) is 1. The Bertz CT molecular complexity index is 718. The van der Waals surface area contributed by atoms with E-state index >= 15 is 0 Å². The predicted molar refractivity (Wildman–Crippen MR) is 78.8 cm³/mol. The molecule has 0 saturated heterocycles. The Morgan fingerprint density at radius 1 is 1.30 bits per heavy atom. The normalized spacial score (nSPS) is 11.3. The lowest BCUT2D eigenvalue weighted by Gasteiger charge is -2.07. The van der Waals surface area contributed by atoms with Crippen molar-refractivity contribution in [2.45, 2.75) is 11.4 Å². The van der Waals surface area contributed by atoms with Crippen molar-refractivity contribution >= 4 is 31.6 Å². The predicted octanol–water partition coefficient (Wildman–Crippen LogP) is 3.00. The average Bonchev–Trinajstić information content (AvgIpc) is 2.37. The minimum atomic E-state index is -3.20. The topological polar surface area (TPSA) is 59.1 Å². The van der Waals surface area contributed by atoms with Crippen molar-refractivity contribution in [1.82, 2.24) is 4.98 Å². The van der Waals surface area contributed by atoms with E-state index in [0.29, 0.717) is 11.0 Å². The van der Waals surface area contributed by atoms with Gasteiger partial charge in [0.05, 0.1) is 4.90 Å². The summed E-state index contributed by atoms with van der Waals surface area (Å²) >= 11 is 3.13. The third kappa shape index (κ3) is 3.77. The molecular formula is C13H12BrFN2O2S. The number of aromatic nitrogens is 1. The lowest BCUT2D eigenvalue weighted by molar-refractivity contribution is 0.602. The summed E-state index contributed by atoms with van der Waals surface area (Å²) in [6.45, 7) is 0.357. The molecule has 0 bridgehead atoms. The van der Waals surface area contributed by atoms with Gasteiger partial charge in [-0.15, -0.1) is 0 Å². The number of benzene rings is 1. The second kappa shape index (κ2) is 5.88. The van der Waals surface area contributed by atoms with Gasteiger partial charge in [0.25, 0.3) is 0 Å². The Hall–Kier alpha value is -1.47. The van der Waals surface area contributed by atoms with E-state index in [0.717, 1.165) is 11.8 Å². The molecule has 2 rings (SSSR count). The second-order valence-electron chi connectivity index (χ2n) is 4.25. The molecule has 0 aliphatic heterocycles. The third-order valence-corrected chi connectivity index (χ3v) is 4.18. The number of pyridine rings is 1. The standard InChI is InChI=1S/C13H12BrFN2O2S/c1-20(18,19)11-4-2-9(3-5-11)7-16-13-12(15)6-10(14)8-17-13/h2-6,8H,7H2,1H3,(H,16,17). The molecule has 2 aromatic rings. The molecule has 0 unspecified atom stereocenters. The van der Waals surface area contributed by atoms with E-state index < -0.39 is 15.7 Å². The summed E-state index contributed by atoms with van der Waals surface area (Å²) in [7, 11) is -3.20.